The van der Waals surface area contributed by atoms with Crippen LogP contribution in [0.2, 0.25) is 0 Å². The number of fused-ring (bicyclic) bond motifs is 2. The molecule has 8 heteroatoms. The lowest BCUT2D eigenvalue weighted by atomic mass is 9.96. The third-order valence-electron chi connectivity index (χ3n) is 5.97. The molecule has 2 aromatic carbocycles. The first kappa shape index (κ1) is 19.9. The predicted octanol–water partition coefficient (Wildman–Crippen LogP) is 5.35. The summed E-state index contributed by atoms with van der Waals surface area (Å²) < 4.78 is 7.01. The maximum atomic E-state index is 12.8. The second-order valence-corrected chi connectivity index (χ2v) is 9.16. The summed E-state index contributed by atoms with van der Waals surface area (Å²) >= 11 is 1.64. The number of hydrogen-bond donors (Lipinski definition) is 1. The summed E-state index contributed by atoms with van der Waals surface area (Å²) in [5.74, 6) is 0.509. The van der Waals surface area contributed by atoms with Crippen LogP contribution in [0.3, 0.4) is 0 Å². The normalized spacial score (nSPS) is 14.7. The molecule has 5 aromatic rings. The fourth-order valence-electron chi connectivity index (χ4n) is 4.15. The Balaban J connectivity index is 1.08. The van der Waals surface area contributed by atoms with Crippen molar-refractivity contribution in [3.8, 4) is 10.6 Å². The Labute approximate surface area is 194 Å². The Morgan fingerprint density at radius 3 is 2.52 bits per heavy atom. The Morgan fingerprint density at radius 2 is 1.76 bits per heavy atom. The molecule has 1 saturated heterocycles. The number of pyridine rings is 1. The molecule has 0 radical (unpaired) electrons. The Kier molecular flexibility index (Phi) is 4.99. The van der Waals surface area contributed by atoms with Gasteiger partial charge in [-0.2, -0.15) is 4.98 Å². The third-order valence-corrected chi connectivity index (χ3v) is 7.06. The number of nitrogens with zero attached hydrogens (tertiary/aromatic N) is 4. The van der Waals surface area contributed by atoms with Crippen molar-refractivity contribution in [3.63, 3.8) is 0 Å². The molecule has 1 aliphatic heterocycles. The molecule has 1 fully saturated rings. The van der Waals surface area contributed by atoms with E-state index in [4.69, 9.17) is 4.42 Å². The highest BCUT2D eigenvalue weighted by atomic mass is 32.1. The van der Waals surface area contributed by atoms with Gasteiger partial charge in [0, 0.05) is 30.8 Å². The Morgan fingerprint density at radius 1 is 0.970 bits per heavy atom. The van der Waals surface area contributed by atoms with E-state index < -0.39 is 0 Å². The number of amides is 1. The lowest BCUT2D eigenvalue weighted by Gasteiger charge is -2.30. The predicted molar refractivity (Wildman–Crippen MR) is 130 cm³/mol. The number of anilines is 2. The number of para-hydroxylation sites is 3. The largest absolute Gasteiger partial charge is 0.423 e. The molecule has 33 heavy (non-hydrogen) atoms. The number of aromatic nitrogens is 3. The minimum absolute atomic E-state index is 0.00690. The fourth-order valence-corrected chi connectivity index (χ4v) is 5.10. The molecule has 0 aliphatic carbocycles. The molecule has 1 aliphatic rings. The van der Waals surface area contributed by atoms with Crippen molar-refractivity contribution in [3.05, 3.63) is 66.9 Å². The van der Waals surface area contributed by atoms with Gasteiger partial charge in [-0.25, -0.2) is 9.97 Å². The number of carbonyl (C=O) groups is 1. The molecule has 1 N–H and O–H groups in total. The second-order valence-electron chi connectivity index (χ2n) is 8.13. The number of piperidine rings is 1. The van der Waals surface area contributed by atoms with Crippen molar-refractivity contribution in [2.24, 2.45) is 5.92 Å². The zero-order chi connectivity index (χ0) is 22.2. The van der Waals surface area contributed by atoms with Crippen LogP contribution in [0.5, 0.6) is 0 Å². The molecule has 4 heterocycles. The number of hydrogen-bond acceptors (Lipinski definition) is 7. The summed E-state index contributed by atoms with van der Waals surface area (Å²) in [7, 11) is 0. The highest BCUT2D eigenvalue weighted by molar-refractivity contribution is 7.21. The van der Waals surface area contributed by atoms with Crippen LogP contribution >= 0.6 is 11.3 Å². The summed E-state index contributed by atoms with van der Waals surface area (Å²) in [6, 6.07) is 20.2. The first-order valence-corrected chi connectivity index (χ1v) is 11.8. The van der Waals surface area contributed by atoms with Crippen molar-refractivity contribution >= 4 is 50.4 Å². The zero-order valence-corrected chi connectivity index (χ0v) is 18.6. The average molecular weight is 456 g/mol. The smallest absolute Gasteiger partial charge is 0.298 e. The first-order valence-electron chi connectivity index (χ1n) is 11.0. The minimum Gasteiger partial charge on any atom is -0.423 e. The van der Waals surface area contributed by atoms with Gasteiger partial charge in [0.25, 0.3) is 6.01 Å². The molecular weight excluding hydrogens is 434 g/mol. The van der Waals surface area contributed by atoms with Crippen LogP contribution in [0, 0.1) is 5.92 Å². The highest BCUT2D eigenvalue weighted by Gasteiger charge is 2.27. The molecule has 1 amide bonds. The Hall–Kier alpha value is -3.78. The van der Waals surface area contributed by atoms with E-state index in [1.165, 1.54) is 0 Å². The van der Waals surface area contributed by atoms with Gasteiger partial charge in [0.15, 0.2) is 5.58 Å². The fraction of sp³-hybridized carbons (Fsp3) is 0.200. The van der Waals surface area contributed by atoms with Crippen LogP contribution in [-0.2, 0) is 4.79 Å². The first-order chi connectivity index (χ1) is 16.2. The van der Waals surface area contributed by atoms with Crippen molar-refractivity contribution in [2.45, 2.75) is 12.8 Å². The van der Waals surface area contributed by atoms with Gasteiger partial charge >= 0.3 is 0 Å². The number of oxazole rings is 1. The van der Waals surface area contributed by atoms with Gasteiger partial charge in [-0.1, -0.05) is 24.3 Å². The molecule has 3 aromatic heterocycles. The van der Waals surface area contributed by atoms with E-state index in [1.54, 1.807) is 17.5 Å². The van der Waals surface area contributed by atoms with E-state index >= 15 is 0 Å². The van der Waals surface area contributed by atoms with E-state index in [0.29, 0.717) is 11.8 Å². The van der Waals surface area contributed by atoms with Crippen LogP contribution in [0.25, 0.3) is 31.9 Å². The quantitative estimate of drug-likeness (QED) is 0.393. The summed E-state index contributed by atoms with van der Waals surface area (Å²) in [5, 5.41) is 3.89. The van der Waals surface area contributed by atoms with E-state index in [0.717, 1.165) is 57.8 Å². The van der Waals surface area contributed by atoms with Crippen molar-refractivity contribution in [1.29, 1.82) is 0 Å². The van der Waals surface area contributed by atoms with E-state index in [9.17, 15) is 4.79 Å². The maximum Gasteiger partial charge on any atom is 0.298 e. The van der Waals surface area contributed by atoms with Crippen LogP contribution < -0.4 is 10.2 Å². The van der Waals surface area contributed by atoms with Crippen molar-refractivity contribution in [2.75, 3.05) is 23.3 Å². The number of benzene rings is 2. The van der Waals surface area contributed by atoms with Gasteiger partial charge in [0.2, 0.25) is 5.91 Å². The van der Waals surface area contributed by atoms with E-state index in [2.05, 4.69) is 31.2 Å². The van der Waals surface area contributed by atoms with Crippen LogP contribution in [-0.4, -0.2) is 33.9 Å². The summed E-state index contributed by atoms with van der Waals surface area (Å²) in [6.45, 7) is 1.46. The molecule has 0 unspecified atom stereocenters. The van der Waals surface area contributed by atoms with Gasteiger partial charge in [-0.3, -0.25) is 4.79 Å². The molecule has 6 rings (SSSR count). The van der Waals surface area contributed by atoms with Crippen LogP contribution in [0.15, 0.2) is 71.3 Å². The summed E-state index contributed by atoms with van der Waals surface area (Å²) in [6.07, 6.45) is 3.26. The maximum absolute atomic E-state index is 12.8. The van der Waals surface area contributed by atoms with Crippen LogP contribution in [0.4, 0.5) is 11.8 Å². The van der Waals surface area contributed by atoms with Crippen molar-refractivity contribution < 1.29 is 9.21 Å². The Bertz CT molecular complexity index is 1370. The summed E-state index contributed by atoms with van der Waals surface area (Å²) in [4.78, 5) is 28.6. The zero-order valence-electron chi connectivity index (χ0n) is 17.8. The topological polar surface area (TPSA) is 84.2 Å². The molecule has 164 valence electrons. The third kappa shape index (κ3) is 3.93. The number of nitrogens with one attached hydrogen (secondary N) is 1. The number of thiazole rings is 1. The number of rotatable bonds is 4. The lowest BCUT2D eigenvalue weighted by Crippen LogP contribution is -2.38. The van der Waals surface area contributed by atoms with Gasteiger partial charge in [0.1, 0.15) is 16.3 Å². The molecule has 0 bridgehead atoms. The monoisotopic (exact) mass is 455 g/mol. The molecular formula is C25H21N5O2S. The van der Waals surface area contributed by atoms with Gasteiger partial charge in [0.05, 0.1) is 10.2 Å². The van der Waals surface area contributed by atoms with Crippen LogP contribution in [0.1, 0.15) is 12.8 Å². The SMILES string of the molecule is O=C(Nc1ccc(-c2nc3ccccc3s2)cn1)C1CCN(c2nc3ccccc3o2)CC1. The molecule has 0 spiro atoms. The van der Waals surface area contributed by atoms with E-state index in [1.807, 2.05) is 54.6 Å². The standard InChI is InChI=1S/C25H21N5O2S/c31-23(16-11-13-30(14-12-16)25-28-18-5-1-3-7-20(18)32-25)29-22-10-9-17(15-26-22)24-27-19-6-2-4-8-21(19)33-24/h1-10,15-16H,11-14H2,(H,26,29,31). The number of carbonyl (C=O) groups excluding carboxylic acids is 1. The van der Waals surface area contributed by atoms with Gasteiger partial charge < -0.3 is 14.6 Å². The summed E-state index contributed by atoms with van der Waals surface area (Å²) in [5.41, 5.74) is 3.57. The van der Waals surface area contributed by atoms with Crippen molar-refractivity contribution in [1.82, 2.24) is 15.0 Å². The van der Waals surface area contributed by atoms with Gasteiger partial charge in [-0.05, 0) is 49.2 Å². The second kappa shape index (κ2) is 8.29. The molecule has 0 saturated carbocycles. The molecule has 7 nitrogen and oxygen atoms in total. The average Bonchev–Trinajstić information content (AvgIpc) is 3.49. The molecule has 0 atom stereocenters. The lowest BCUT2D eigenvalue weighted by molar-refractivity contribution is -0.120. The minimum atomic E-state index is -0.0589. The van der Waals surface area contributed by atoms with Gasteiger partial charge in [-0.15, -0.1) is 11.3 Å². The highest BCUT2D eigenvalue weighted by Crippen LogP contribution is 2.30. The van der Waals surface area contributed by atoms with E-state index in [-0.39, 0.29) is 11.8 Å².